The third-order valence-electron chi connectivity index (χ3n) is 4.06. The topological polar surface area (TPSA) is 85.8 Å². The molecule has 0 spiro atoms. The van der Waals surface area contributed by atoms with Crippen LogP contribution in [0.3, 0.4) is 0 Å². The van der Waals surface area contributed by atoms with Gasteiger partial charge in [-0.25, -0.2) is 8.42 Å². The first-order valence-corrected chi connectivity index (χ1v) is 9.51. The van der Waals surface area contributed by atoms with E-state index in [0.717, 1.165) is 17.2 Å². The van der Waals surface area contributed by atoms with Crippen molar-refractivity contribution in [1.82, 2.24) is 4.98 Å². The van der Waals surface area contributed by atoms with Crippen molar-refractivity contribution in [3.05, 3.63) is 54.1 Å². The minimum absolute atomic E-state index is 0.0795. The summed E-state index contributed by atoms with van der Waals surface area (Å²) >= 11 is 0. The third-order valence-corrected chi connectivity index (χ3v) is 5.26. The summed E-state index contributed by atoms with van der Waals surface area (Å²) in [6, 6.07) is 14.5. The molecule has 7 heteroatoms. The highest BCUT2D eigenvalue weighted by Crippen LogP contribution is 2.29. The summed E-state index contributed by atoms with van der Waals surface area (Å²) in [6.45, 7) is 1.83. The van der Waals surface area contributed by atoms with E-state index in [1.807, 2.05) is 31.2 Å². The van der Waals surface area contributed by atoms with Gasteiger partial charge >= 0.3 is 0 Å². The molecule has 3 aromatic rings. The van der Waals surface area contributed by atoms with Crippen molar-refractivity contribution in [3.8, 4) is 5.88 Å². The molecule has 0 saturated carbocycles. The Morgan fingerprint density at radius 2 is 1.76 bits per heavy atom. The van der Waals surface area contributed by atoms with Crippen LogP contribution in [0.2, 0.25) is 0 Å². The number of aromatic nitrogens is 1. The first-order chi connectivity index (χ1) is 11.8. The molecule has 3 rings (SSSR count). The van der Waals surface area contributed by atoms with Crippen molar-refractivity contribution >= 4 is 38.0 Å². The van der Waals surface area contributed by atoms with Crippen LogP contribution in [0.25, 0.3) is 10.9 Å². The fourth-order valence-electron chi connectivity index (χ4n) is 2.67. The van der Waals surface area contributed by atoms with Crippen LogP contribution in [0.5, 0.6) is 5.88 Å². The first kappa shape index (κ1) is 17.0. The summed E-state index contributed by atoms with van der Waals surface area (Å²) in [7, 11) is -1.79. The lowest BCUT2D eigenvalue weighted by Crippen LogP contribution is -2.24. The highest BCUT2D eigenvalue weighted by atomic mass is 32.2. The number of hydrogen-bond donors (Lipinski definition) is 2. The molecule has 6 nitrogen and oxygen atoms in total. The molecule has 0 aliphatic rings. The Kier molecular flexibility index (Phi) is 4.26. The van der Waals surface area contributed by atoms with E-state index < -0.39 is 10.0 Å². The van der Waals surface area contributed by atoms with Crippen LogP contribution in [0.1, 0.15) is 12.5 Å². The molecule has 0 aliphatic heterocycles. The monoisotopic (exact) mass is 357 g/mol. The predicted octanol–water partition coefficient (Wildman–Crippen LogP) is 3.41. The smallest absolute Gasteiger partial charge is 0.231 e. The van der Waals surface area contributed by atoms with E-state index >= 15 is 0 Å². The molecule has 25 heavy (non-hydrogen) atoms. The summed E-state index contributed by atoms with van der Waals surface area (Å²) in [4.78, 5) is 7.48. The molecule has 0 radical (unpaired) electrons. The van der Waals surface area contributed by atoms with Gasteiger partial charge in [0.15, 0.2) is 5.88 Å². The molecular formula is C18H19N3O3S. The average Bonchev–Trinajstić information content (AvgIpc) is 2.89. The molecule has 1 aromatic heterocycles. The zero-order chi connectivity index (χ0) is 18.2. The van der Waals surface area contributed by atoms with Gasteiger partial charge in [0.25, 0.3) is 0 Å². The SMILES string of the molecule is CC(=Nc1ccc(N(C)S(C)(=O)=O)cc1)c1c(O)[nH]c2ccccc12. The van der Waals surface area contributed by atoms with E-state index in [0.29, 0.717) is 22.6 Å². The van der Waals surface area contributed by atoms with E-state index in [4.69, 9.17) is 0 Å². The molecule has 0 aliphatic carbocycles. The van der Waals surface area contributed by atoms with E-state index in [1.165, 1.54) is 11.4 Å². The number of anilines is 1. The lowest BCUT2D eigenvalue weighted by Gasteiger charge is -2.16. The van der Waals surface area contributed by atoms with Gasteiger partial charge in [-0.3, -0.25) is 9.30 Å². The zero-order valence-electron chi connectivity index (χ0n) is 14.2. The summed E-state index contributed by atoms with van der Waals surface area (Å²) in [5.41, 5.74) is 3.41. The van der Waals surface area contributed by atoms with Crippen molar-refractivity contribution in [2.45, 2.75) is 6.92 Å². The Bertz CT molecular complexity index is 1050. The van der Waals surface area contributed by atoms with Gasteiger partial charge in [-0.2, -0.15) is 0 Å². The number of aromatic hydroxyl groups is 1. The van der Waals surface area contributed by atoms with E-state index in [-0.39, 0.29) is 5.88 Å². The maximum atomic E-state index is 11.6. The average molecular weight is 357 g/mol. The highest BCUT2D eigenvalue weighted by Gasteiger charge is 2.14. The van der Waals surface area contributed by atoms with Crippen molar-refractivity contribution in [3.63, 3.8) is 0 Å². The van der Waals surface area contributed by atoms with Crippen LogP contribution in [0.4, 0.5) is 11.4 Å². The number of para-hydroxylation sites is 1. The third kappa shape index (κ3) is 3.36. The Balaban J connectivity index is 1.96. The van der Waals surface area contributed by atoms with Gasteiger partial charge in [0, 0.05) is 18.0 Å². The standard InChI is InChI=1S/C18H19N3O3S/c1-12(17-15-6-4-5-7-16(15)20-18(17)22)19-13-8-10-14(11-9-13)21(2)25(3,23)24/h4-11,20,22H,1-3H3. The van der Waals surface area contributed by atoms with Crippen LogP contribution >= 0.6 is 0 Å². The molecule has 0 bridgehead atoms. The number of sulfonamides is 1. The molecule has 130 valence electrons. The predicted molar refractivity (Wildman–Crippen MR) is 102 cm³/mol. The maximum Gasteiger partial charge on any atom is 0.231 e. The van der Waals surface area contributed by atoms with Crippen molar-refractivity contribution in [2.24, 2.45) is 4.99 Å². The number of H-pyrrole nitrogens is 1. The van der Waals surface area contributed by atoms with Crippen LogP contribution in [-0.2, 0) is 10.0 Å². The molecule has 0 saturated heterocycles. The molecule has 0 fully saturated rings. The van der Waals surface area contributed by atoms with Crippen molar-refractivity contribution < 1.29 is 13.5 Å². The summed E-state index contributed by atoms with van der Waals surface area (Å²) in [5.74, 6) is 0.0795. The molecule has 0 atom stereocenters. The van der Waals surface area contributed by atoms with E-state index in [2.05, 4.69) is 9.98 Å². The van der Waals surface area contributed by atoms with E-state index in [1.54, 1.807) is 24.3 Å². The second-order valence-corrected chi connectivity index (χ2v) is 7.85. The summed E-state index contributed by atoms with van der Waals surface area (Å²) in [6.07, 6.45) is 1.16. The maximum absolute atomic E-state index is 11.6. The van der Waals surface area contributed by atoms with Gasteiger partial charge in [0.2, 0.25) is 10.0 Å². The molecule has 2 N–H and O–H groups in total. The fourth-order valence-corrected chi connectivity index (χ4v) is 3.18. The van der Waals surface area contributed by atoms with E-state index in [9.17, 15) is 13.5 Å². The molecular weight excluding hydrogens is 338 g/mol. The van der Waals surface area contributed by atoms with Crippen LogP contribution in [0, 0.1) is 0 Å². The Morgan fingerprint density at radius 3 is 2.40 bits per heavy atom. The largest absolute Gasteiger partial charge is 0.494 e. The van der Waals surface area contributed by atoms with Gasteiger partial charge in [-0.1, -0.05) is 18.2 Å². The zero-order valence-corrected chi connectivity index (χ0v) is 15.0. The fraction of sp³-hybridized carbons (Fsp3) is 0.167. The number of aromatic amines is 1. The second kappa shape index (κ2) is 6.25. The Morgan fingerprint density at radius 1 is 1.12 bits per heavy atom. The van der Waals surface area contributed by atoms with Gasteiger partial charge in [0.05, 0.1) is 28.9 Å². The Labute approximate surface area is 146 Å². The summed E-state index contributed by atoms with van der Waals surface area (Å²) < 4.78 is 24.4. The number of nitrogens with zero attached hydrogens (tertiary/aromatic N) is 2. The quantitative estimate of drug-likeness (QED) is 0.702. The van der Waals surface area contributed by atoms with Gasteiger partial charge in [0.1, 0.15) is 0 Å². The Hall–Kier alpha value is -2.80. The van der Waals surface area contributed by atoms with Crippen molar-refractivity contribution in [2.75, 3.05) is 17.6 Å². The van der Waals surface area contributed by atoms with Crippen molar-refractivity contribution in [1.29, 1.82) is 0 Å². The number of aliphatic imine (C=N–C) groups is 1. The van der Waals surface area contributed by atoms with Crippen LogP contribution < -0.4 is 4.31 Å². The van der Waals surface area contributed by atoms with Crippen LogP contribution in [0.15, 0.2) is 53.5 Å². The normalized spacial score (nSPS) is 12.5. The number of nitrogens with one attached hydrogen (secondary N) is 1. The number of fused-ring (bicyclic) bond motifs is 1. The molecule has 0 amide bonds. The number of hydrogen-bond acceptors (Lipinski definition) is 4. The van der Waals surface area contributed by atoms with Gasteiger partial charge in [-0.05, 0) is 37.3 Å². The minimum atomic E-state index is -3.30. The second-order valence-electron chi connectivity index (χ2n) is 5.84. The van der Waals surface area contributed by atoms with Gasteiger partial charge in [-0.15, -0.1) is 0 Å². The first-order valence-electron chi connectivity index (χ1n) is 7.66. The number of rotatable bonds is 4. The molecule has 2 aromatic carbocycles. The molecule has 1 heterocycles. The van der Waals surface area contributed by atoms with Crippen LogP contribution in [-0.4, -0.2) is 37.5 Å². The molecule has 0 unspecified atom stereocenters. The number of benzene rings is 2. The van der Waals surface area contributed by atoms with Gasteiger partial charge < -0.3 is 10.1 Å². The lowest BCUT2D eigenvalue weighted by atomic mass is 10.1. The highest BCUT2D eigenvalue weighted by molar-refractivity contribution is 7.92. The lowest BCUT2D eigenvalue weighted by molar-refractivity contribution is 0.457. The minimum Gasteiger partial charge on any atom is -0.494 e. The summed E-state index contributed by atoms with van der Waals surface area (Å²) in [5, 5.41) is 11.1.